The van der Waals surface area contributed by atoms with Crippen LogP contribution in [-0.2, 0) is 10.0 Å². The van der Waals surface area contributed by atoms with E-state index >= 15 is 0 Å². The molecule has 0 amide bonds. The molecule has 1 saturated heterocycles. The van der Waals surface area contributed by atoms with Gasteiger partial charge in [-0.05, 0) is 56.7 Å². The Morgan fingerprint density at radius 1 is 1.30 bits per heavy atom. The minimum absolute atomic E-state index is 0.0998. The smallest absolute Gasteiger partial charge is 0.240 e. The summed E-state index contributed by atoms with van der Waals surface area (Å²) < 4.78 is 26.6. The fourth-order valence-corrected chi connectivity index (χ4v) is 4.62. The molecule has 20 heavy (non-hydrogen) atoms. The Balaban J connectivity index is 1.95. The van der Waals surface area contributed by atoms with Crippen LogP contribution in [0.3, 0.4) is 0 Å². The Morgan fingerprint density at radius 2 is 2.00 bits per heavy atom. The van der Waals surface area contributed by atoms with Gasteiger partial charge in [0, 0.05) is 23.5 Å². The number of anilines is 1. The summed E-state index contributed by atoms with van der Waals surface area (Å²) in [6.07, 6.45) is 2.57. The third-order valence-corrected chi connectivity index (χ3v) is 6.19. The van der Waals surface area contributed by atoms with Crippen LogP contribution in [0.2, 0.25) is 0 Å². The number of nitrogens with one attached hydrogen (secondary N) is 2. The first-order valence-electron chi connectivity index (χ1n) is 6.95. The van der Waals surface area contributed by atoms with Crippen molar-refractivity contribution in [2.75, 3.05) is 17.6 Å². The largest absolute Gasteiger partial charge is 0.384 e. The third-order valence-electron chi connectivity index (χ3n) is 3.11. The molecule has 1 aliphatic rings. The lowest BCUT2D eigenvalue weighted by Gasteiger charge is -2.13. The first-order chi connectivity index (χ1) is 9.47. The predicted molar refractivity (Wildman–Crippen MR) is 85.9 cm³/mol. The van der Waals surface area contributed by atoms with Crippen LogP contribution in [0.1, 0.15) is 26.7 Å². The molecule has 1 fully saturated rings. The van der Waals surface area contributed by atoms with Crippen LogP contribution in [0, 0.1) is 0 Å². The van der Waals surface area contributed by atoms with Crippen molar-refractivity contribution in [3.63, 3.8) is 0 Å². The van der Waals surface area contributed by atoms with Crippen molar-refractivity contribution < 1.29 is 8.42 Å². The highest BCUT2D eigenvalue weighted by molar-refractivity contribution is 8.00. The van der Waals surface area contributed by atoms with Crippen molar-refractivity contribution in [3.05, 3.63) is 24.3 Å². The van der Waals surface area contributed by atoms with Crippen molar-refractivity contribution in [2.45, 2.75) is 42.9 Å². The average molecular weight is 314 g/mol. The third kappa shape index (κ3) is 4.40. The Bertz CT molecular complexity index is 521. The van der Waals surface area contributed by atoms with E-state index in [0.717, 1.165) is 12.2 Å². The van der Waals surface area contributed by atoms with E-state index < -0.39 is 10.0 Å². The molecule has 0 spiro atoms. The fraction of sp³-hybridized carbons (Fsp3) is 0.571. The van der Waals surface area contributed by atoms with E-state index in [1.807, 2.05) is 37.7 Å². The fourth-order valence-electron chi connectivity index (χ4n) is 2.17. The zero-order valence-corrected chi connectivity index (χ0v) is 13.6. The van der Waals surface area contributed by atoms with Crippen molar-refractivity contribution >= 4 is 27.5 Å². The molecule has 0 saturated carbocycles. The molecule has 1 heterocycles. The summed E-state index contributed by atoms with van der Waals surface area (Å²) in [6.45, 7) is 4.57. The molecule has 1 aliphatic heterocycles. The molecule has 4 nitrogen and oxygen atoms in total. The van der Waals surface area contributed by atoms with E-state index in [4.69, 9.17) is 0 Å². The topological polar surface area (TPSA) is 58.2 Å². The molecule has 1 unspecified atom stereocenters. The Morgan fingerprint density at radius 3 is 2.55 bits per heavy atom. The second kappa shape index (κ2) is 6.83. The van der Waals surface area contributed by atoms with E-state index in [0.29, 0.717) is 10.1 Å². The molecular weight excluding hydrogens is 292 g/mol. The van der Waals surface area contributed by atoms with Gasteiger partial charge in [-0.15, -0.1) is 0 Å². The molecule has 1 aromatic carbocycles. The van der Waals surface area contributed by atoms with Crippen LogP contribution in [0.5, 0.6) is 0 Å². The Kier molecular flexibility index (Phi) is 5.35. The number of rotatable bonds is 6. The summed E-state index contributed by atoms with van der Waals surface area (Å²) in [5.41, 5.74) is 0.973. The van der Waals surface area contributed by atoms with Gasteiger partial charge in [-0.2, -0.15) is 11.8 Å². The van der Waals surface area contributed by atoms with Gasteiger partial charge in [-0.1, -0.05) is 0 Å². The zero-order valence-electron chi connectivity index (χ0n) is 11.9. The summed E-state index contributed by atoms with van der Waals surface area (Å²) in [4.78, 5) is 0.312. The average Bonchev–Trinajstić information content (AvgIpc) is 2.88. The standard InChI is InChI=1S/C14H22N2O2S2/c1-11(2)16-20(17,18)14-7-5-12(6-8-14)15-10-13-4-3-9-19-13/h5-8,11,13,15-16H,3-4,9-10H2,1-2H3. The quantitative estimate of drug-likeness (QED) is 0.847. The molecule has 0 aliphatic carbocycles. The van der Waals surface area contributed by atoms with Crippen LogP contribution in [0.15, 0.2) is 29.2 Å². The van der Waals surface area contributed by atoms with Gasteiger partial charge in [0.2, 0.25) is 10.0 Å². The van der Waals surface area contributed by atoms with Crippen molar-refractivity contribution in [1.29, 1.82) is 0 Å². The van der Waals surface area contributed by atoms with Gasteiger partial charge < -0.3 is 5.32 Å². The lowest BCUT2D eigenvalue weighted by atomic mass is 10.2. The van der Waals surface area contributed by atoms with E-state index in [9.17, 15) is 8.42 Å². The zero-order chi connectivity index (χ0) is 14.6. The second-order valence-electron chi connectivity index (χ2n) is 5.32. The van der Waals surface area contributed by atoms with Gasteiger partial charge in [0.25, 0.3) is 0 Å². The van der Waals surface area contributed by atoms with Crippen LogP contribution in [0.4, 0.5) is 5.69 Å². The second-order valence-corrected chi connectivity index (χ2v) is 8.44. The Hall–Kier alpha value is -0.720. The normalized spacial score (nSPS) is 19.4. The van der Waals surface area contributed by atoms with E-state index in [-0.39, 0.29) is 6.04 Å². The monoisotopic (exact) mass is 314 g/mol. The summed E-state index contributed by atoms with van der Waals surface area (Å²) >= 11 is 2.01. The van der Waals surface area contributed by atoms with Gasteiger partial charge >= 0.3 is 0 Å². The highest BCUT2D eigenvalue weighted by Gasteiger charge is 2.16. The number of thioether (sulfide) groups is 1. The maximum Gasteiger partial charge on any atom is 0.240 e. The minimum Gasteiger partial charge on any atom is -0.384 e. The molecule has 6 heteroatoms. The lowest BCUT2D eigenvalue weighted by Crippen LogP contribution is -2.30. The highest BCUT2D eigenvalue weighted by Crippen LogP contribution is 2.26. The van der Waals surface area contributed by atoms with Crippen molar-refractivity contribution in [1.82, 2.24) is 4.72 Å². The molecule has 1 atom stereocenters. The number of benzene rings is 1. The van der Waals surface area contributed by atoms with Gasteiger partial charge in [0.05, 0.1) is 4.90 Å². The lowest BCUT2D eigenvalue weighted by molar-refractivity contribution is 0.570. The van der Waals surface area contributed by atoms with E-state index in [1.165, 1.54) is 18.6 Å². The van der Waals surface area contributed by atoms with Gasteiger partial charge in [0.1, 0.15) is 0 Å². The summed E-state index contributed by atoms with van der Waals surface area (Å²) in [5.74, 6) is 1.25. The SMILES string of the molecule is CC(C)NS(=O)(=O)c1ccc(NCC2CCCS2)cc1. The molecular formula is C14H22N2O2S2. The first kappa shape index (κ1) is 15.7. The molecule has 0 aromatic heterocycles. The number of hydrogen-bond acceptors (Lipinski definition) is 4. The first-order valence-corrected chi connectivity index (χ1v) is 9.48. The summed E-state index contributed by atoms with van der Waals surface area (Å²) in [7, 11) is -3.39. The molecule has 0 radical (unpaired) electrons. The van der Waals surface area contributed by atoms with Crippen LogP contribution in [0.25, 0.3) is 0 Å². The van der Waals surface area contributed by atoms with Gasteiger partial charge in [-0.25, -0.2) is 13.1 Å². The van der Waals surface area contributed by atoms with Crippen molar-refractivity contribution in [3.8, 4) is 0 Å². The van der Waals surface area contributed by atoms with E-state index in [1.54, 1.807) is 12.1 Å². The maximum atomic E-state index is 12.0. The summed E-state index contributed by atoms with van der Waals surface area (Å²) in [5, 5.41) is 4.05. The Labute approximate surface area is 125 Å². The molecule has 1 aromatic rings. The number of hydrogen-bond donors (Lipinski definition) is 2. The highest BCUT2D eigenvalue weighted by atomic mass is 32.2. The van der Waals surface area contributed by atoms with Crippen LogP contribution >= 0.6 is 11.8 Å². The summed E-state index contributed by atoms with van der Waals surface area (Å²) in [6, 6.07) is 6.85. The number of sulfonamides is 1. The molecule has 112 valence electrons. The molecule has 0 bridgehead atoms. The van der Waals surface area contributed by atoms with E-state index in [2.05, 4.69) is 10.0 Å². The maximum absolute atomic E-state index is 12.0. The van der Waals surface area contributed by atoms with Crippen LogP contribution < -0.4 is 10.0 Å². The van der Waals surface area contributed by atoms with Crippen LogP contribution in [-0.4, -0.2) is 32.0 Å². The van der Waals surface area contributed by atoms with Crippen molar-refractivity contribution in [2.24, 2.45) is 0 Å². The van der Waals surface area contributed by atoms with Gasteiger partial charge in [0.15, 0.2) is 0 Å². The molecule has 2 N–H and O–H groups in total. The molecule has 2 rings (SSSR count). The van der Waals surface area contributed by atoms with Gasteiger partial charge in [-0.3, -0.25) is 0 Å². The predicted octanol–water partition coefficient (Wildman–Crippen LogP) is 2.68. The minimum atomic E-state index is -3.39.